The number of rotatable bonds is 0. The first-order valence-corrected chi connectivity index (χ1v) is 8.67. The van der Waals surface area contributed by atoms with E-state index in [0.717, 1.165) is 12.8 Å². The minimum atomic E-state index is 0.484. The summed E-state index contributed by atoms with van der Waals surface area (Å²) >= 11 is 0. The Kier molecular flexibility index (Phi) is 2.08. The lowest BCUT2D eigenvalue weighted by atomic mass is 9.61. The van der Waals surface area contributed by atoms with Crippen molar-refractivity contribution in [3.05, 3.63) is 105 Å². The smallest absolute Gasteiger partial charge is 0.0357 e. The van der Waals surface area contributed by atoms with Crippen LogP contribution < -0.4 is 0 Å². The van der Waals surface area contributed by atoms with Gasteiger partial charge in [-0.2, -0.15) is 0 Å². The first-order chi connectivity index (χ1) is 11.3. The quantitative estimate of drug-likeness (QED) is 0.371. The Bertz CT molecular complexity index is 917. The van der Waals surface area contributed by atoms with Crippen molar-refractivity contribution in [2.24, 2.45) is 0 Å². The predicted molar refractivity (Wildman–Crippen MR) is 93.4 cm³/mol. The molecule has 6 rings (SSSR count). The van der Waals surface area contributed by atoms with Crippen molar-refractivity contribution in [1.82, 2.24) is 0 Å². The van der Waals surface area contributed by atoms with Crippen LogP contribution in [-0.2, 0) is 12.8 Å². The maximum Gasteiger partial charge on any atom is 0.0357 e. The highest BCUT2D eigenvalue weighted by molar-refractivity contribution is 5.69. The van der Waals surface area contributed by atoms with Crippen LogP contribution in [0.3, 0.4) is 0 Å². The van der Waals surface area contributed by atoms with E-state index < -0.39 is 0 Å². The summed E-state index contributed by atoms with van der Waals surface area (Å²) in [6, 6.07) is 20.9. The van der Waals surface area contributed by atoms with E-state index in [1.54, 1.807) is 50.1 Å². The van der Waals surface area contributed by atoms with Gasteiger partial charge in [0.1, 0.15) is 0 Å². The predicted octanol–water partition coefficient (Wildman–Crippen LogP) is 5.14. The molecule has 0 saturated heterocycles. The average Bonchev–Trinajstić information content (AvgIpc) is 2.59. The fraction of sp³-hybridized carbons (Fsp3) is 0.217. The molecule has 0 heteroatoms. The number of benzene rings is 3. The first-order valence-electron chi connectivity index (χ1n) is 8.67. The van der Waals surface area contributed by atoms with Crippen LogP contribution in [0.15, 0.2) is 54.6 Å². The molecule has 110 valence electrons. The normalized spacial score (nSPS) is 21.8. The summed E-state index contributed by atoms with van der Waals surface area (Å²) < 4.78 is 0. The van der Waals surface area contributed by atoms with Gasteiger partial charge >= 0.3 is 0 Å². The Morgan fingerprint density at radius 3 is 1.57 bits per heavy atom. The molecule has 3 aliphatic rings. The average molecular weight is 294 g/mol. The van der Waals surface area contributed by atoms with Crippen LogP contribution in [0.2, 0.25) is 0 Å². The van der Waals surface area contributed by atoms with Gasteiger partial charge < -0.3 is 0 Å². The Balaban J connectivity index is 1.81. The second-order valence-electron chi connectivity index (χ2n) is 7.34. The molecule has 0 unspecified atom stereocenters. The molecule has 0 aliphatic heterocycles. The molecule has 3 aromatic carbocycles. The number of hydrogen-bond acceptors (Lipinski definition) is 0. The third kappa shape index (κ3) is 1.34. The van der Waals surface area contributed by atoms with E-state index in [4.69, 9.17) is 0 Å². The van der Waals surface area contributed by atoms with Gasteiger partial charge in [-0.15, -0.1) is 0 Å². The monoisotopic (exact) mass is 294 g/mol. The Hall–Kier alpha value is -2.34. The Labute approximate surface area is 136 Å². The molecule has 0 nitrogen and oxygen atoms in total. The van der Waals surface area contributed by atoms with Crippen molar-refractivity contribution in [3.63, 3.8) is 0 Å². The van der Waals surface area contributed by atoms with Gasteiger partial charge in [0.2, 0.25) is 0 Å². The molecule has 0 radical (unpaired) electrons. The molecule has 0 atom stereocenters. The summed E-state index contributed by atoms with van der Waals surface area (Å²) in [4.78, 5) is 0. The summed E-state index contributed by atoms with van der Waals surface area (Å²) in [6.07, 6.45) is 2.21. The van der Waals surface area contributed by atoms with E-state index >= 15 is 0 Å². The molecule has 3 aliphatic carbocycles. The van der Waals surface area contributed by atoms with E-state index in [2.05, 4.69) is 61.5 Å². The molecule has 23 heavy (non-hydrogen) atoms. The van der Waals surface area contributed by atoms with Crippen LogP contribution in [0, 0.1) is 0 Å². The van der Waals surface area contributed by atoms with Gasteiger partial charge in [0.05, 0.1) is 0 Å². The topological polar surface area (TPSA) is 0 Å². The molecule has 0 spiro atoms. The van der Waals surface area contributed by atoms with Crippen molar-refractivity contribution < 1.29 is 0 Å². The Morgan fingerprint density at radius 2 is 1.04 bits per heavy atom. The Morgan fingerprint density at radius 1 is 0.609 bits per heavy atom. The highest BCUT2D eigenvalue weighted by atomic mass is 14.4. The van der Waals surface area contributed by atoms with Crippen molar-refractivity contribution in [2.75, 3.05) is 0 Å². The van der Waals surface area contributed by atoms with E-state index in [1.165, 1.54) is 0 Å². The lowest BCUT2D eigenvalue weighted by Crippen LogP contribution is -2.28. The van der Waals surface area contributed by atoms with Crippen LogP contribution in [0.25, 0.3) is 0 Å². The third-order valence-electron chi connectivity index (χ3n) is 6.31. The molecule has 0 heterocycles. The summed E-state index contributed by atoms with van der Waals surface area (Å²) in [5.41, 5.74) is 14.2. The molecule has 0 bridgehead atoms. The van der Waals surface area contributed by atoms with Crippen LogP contribution in [-0.4, -0.2) is 0 Å². The van der Waals surface area contributed by atoms with E-state index in [1.807, 2.05) is 0 Å². The van der Waals surface area contributed by atoms with Gasteiger partial charge in [-0.3, -0.25) is 0 Å². The van der Waals surface area contributed by atoms with E-state index in [0.29, 0.717) is 11.8 Å². The van der Waals surface area contributed by atoms with Gasteiger partial charge in [-0.05, 0) is 62.9 Å². The minimum Gasteiger partial charge on any atom is -0.0617 e. The van der Waals surface area contributed by atoms with Gasteiger partial charge in [0.25, 0.3) is 0 Å². The lowest BCUT2D eigenvalue weighted by molar-refractivity contribution is 0.731. The third-order valence-corrected chi connectivity index (χ3v) is 6.31. The van der Waals surface area contributed by atoms with E-state index in [9.17, 15) is 0 Å². The highest BCUT2D eigenvalue weighted by Crippen LogP contribution is 2.54. The molecule has 3 aromatic rings. The zero-order chi connectivity index (χ0) is 15.1. The lowest BCUT2D eigenvalue weighted by Gasteiger charge is -2.42. The van der Waals surface area contributed by atoms with Crippen LogP contribution in [0.1, 0.15) is 68.8 Å². The highest BCUT2D eigenvalue weighted by Gasteiger charge is 2.40. The van der Waals surface area contributed by atoms with Gasteiger partial charge in [0, 0.05) is 11.8 Å². The van der Waals surface area contributed by atoms with Gasteiger partial charge in [-0.25, -0.2) is 0 Å². The fourth-order valence-corrected chi connectivity index (χ4v) is 5.39. The molecular weight excluding hydrogens is 276 g/mol. The fourth-order valence-electron chi connectivity index (χ4n) is 5.39. The molecule has 0 aromatic heterocycles. The molecule has 0 N–H and O–H groups in total. The van der Waals surface area contributed by atoms with Gasteiger partial charge in [0.15, 0.2) is 0 Å². The second-order valence-corrected chi connectivity index (χ2v) is 7.34. The largest absolute Gasteiger partial charge is 0.0617 e. The maximum atomic E-state index is 2.39. The van der Waals surface area contributed by atoms with E-state index in [-0.39, 0.29) is 0 Å². The summed E-state index contributed by atoms with van der Waals surface area (Å²) in [7, 11) is 0. The SMILES string of the molecule is CC1c2cccc3c2C2c4c(cccc4Cc4cccc1c42)C3. The maximum absolute atomic E-state index is 2.39. The zero-order valence-electron chi connectivity index (χ0n) is 13.3. The molecule has 0 amide bonds. The zero-order valence-corrected chi connectivity index (χ0v) is 13.3. The molecule has 0 fully saturated rings. The van der Waals surface area contributed by atoms with Crippen molar-refractivity contribution in [3.8, 4) is 0 Å². The van der Waals surface area contributed by atoms with Crippen molar-refractivity contribution in [1.29, 1.82) is 0 Å². The van der Waals surface area contributed by atoms with Crippen LogP contribution in [0.4, 0.5) is 0 Å². The summed E-state index contributed by atoms with van der Waals surface area (Å²) in [5.74, 6) is 1.00. The number of hydrogen-bond donors (Lipinski definition) is 0. The first kappa shape index (κ1) is 12.1. The minimum absolute atomic E-state index is 0.484. The van der Waals surface area contributed by atoms with Crippen molar-refractivity contribution in [2.45, 2.75) is 31.6 Å². The molecular formula is C23H18. The van der Waals surface area contributed by atoms with Crippen LogP contribution in [0.5, 0.6) is 0 Å². The van der Waals surface area contributed by atoms with Gasteiger partial charge in [-0.1, -0.05) is 61.5 Å². The second kappa shape index (κ2) is 3.94. The summed E-state index contributed by atoms with van der Waals surface area (Å²) in [6.45, 7) is 2.39. The summed E-state index contributed by atoms with van der Waals surface area (Å²) in [5, 5.41) is 0. The standard InChI is InChI=1S/C23H18/c1-13-18-9-3-7-16-11-14-5-2-6-15-12-17-8-4-10-19(13)22(17)23(20(14)15)21(16)18/h2-10,13,23H,11-12H2,1H3. The van der Waals surface area contributed by atoms with Crippen LogP contribution >= 0.6 is 0 Å². The molecule has 0 saturated carbocycles. The van der Waals surface area contributed by atoms with Crippen molar-refractivity contribution >= 4 is 0 Å².